The molecule has 0 bridgehead atoms. The van der Waals surface area contributed by atoms with Gasteiger partial charge >= 0.3 is 0 Å². The van der Waals surface area contributed by atoms with E-state index < -0.39 is 6.10 Å². The summed E-state index contributed by atoms with van der Waals surface area (Å²) in [4.78, 5) is 16.2. The van der Waals surface area contributed by atoms with Gasteiger partial charge in [-0.2, -0.15) is 0 Å². The third-order valence-corrected chi connectivity index (χ3v) is 3.39. The number of imidazole rings is 1. The number of aryl methyl sites for hydroxylation is 1. The third-order valence-electron chi connectivity index (χ3n) is 3.39. The van der Waals surface area contributed by atoms with Gasteiger partial charge in [0.15, 0.2) is 6.10 Å². The van der Waals surface area contributed by atoms with Gasteiger partial charge in [-0.05, 0) is 6.42 Å². The maximum Gasteiger partial charge on any atom is 0.251 e. The van der Waals surface area contributed by atoms with Crippen LogP contribution in [0.15, 0.2) is 12.4 Å². The number of hydrogen-bond acceptors (Lipinski definition) is 4. The number of amides is 1. The van der Waals surface area contributed by atoms with E-state index in [2.05, 4.69) is 14.9 Å². The van der Waals surface area contributed by atoms with E-state index in [1.165, 1.54) is 0 Å². The van der Waals surface area contributed by atoms with E-state index in [9.17, 15) is 4.79 Å². The number of nitrogens with one attached hydrogen (secondary N) is 1. The van der Waals surface area contributed by atoms with Gasteiger partial charge in [-0.25, -0.2) is 4.98 Å². The highest BCUT2D eigenvalue weighted by atomic mass is 16.6. The summed E-state index contributed by atoms with van der Waals surface area (Å²) in [6.45, 7) is 2.21. The first-order valence-corrected chi connectivity index (χ1v) is 6.32. The lowest BCUT2D eigenvalue weighted by atomic mass is 10.1. The highest BCUT2D eigenvalue weighted by Crippen LogP contribution is 2.13. The van der Waals surface area contributed by atoms with E-state index in [1.807, 2.05) is 6.20 Å². The molecule has 1 saturated heterocycles. The normalized spacial score (nSPS) is 27.6. The molecule has 2 aliphatic rings. The maximum absolute atomic E-state index is 12.0. The van der Waals surface area contributed by atoms with Crippen molar-refractivity contribution in [3.05, 3.63) is 18.2 Å². The molecule has 0 radical (unpaired) electrons. The molecule has 1 amide bonds. The summed E-state index contributed by atoms with van der Waals surface area (Å²) in [5.74, 6) is 1.03. The minimum Gasteiger partial charge on any atom is -0.376 e. The molecule has 0 aromatic carbocycles. The Morgan fingerprint density at radius 1 is 1.50 bits per heavy atom. The summed E-state index contributed by atoms with van der Waals surface area (Å²) >= 11 is 0. The van der Waals surface area contributed by atoms with Gasteiger partial charge in [-0.1, -0.05) is 0 Å². The molecule has 98 valence electrons. The third kappa shape index (κ3) is 2.39. The second-order valence-corrected chi connectivity index (χ2v) is 4.67. The van der Waals surface area contributed by atoms with Gasteiger partial charge < -0.3 is 19.4 Å². The van der Waals surface area contributed by atoms with Gasteiger partial charge in [0, 0.05) is 31.4 Å². The molecule has 0 saturated carbocycles. The van der Waals surface area contributed by atoms with Crippen LogP contribution in [-0.2, 0) is 27.2 Å². The van der Waals surface area contributed by atoms with Crippen LogP contribution >= 0.6 is 0 Å². The van der Waals surface area contributed by atoms with Crippen LogP contribution in [-0.4, -0.2) is 47.4 Å². The van der Waals surface area contributed by atoms with E-state index in [4.69, 9.17) is 9.47 Å². The molecule has 2 atom stereocenters. The molecule has 2 aliphatic heterocycles. The monoisotopic (exact) mass is 251 g/mol. The number of rotatable bonds is 2. The zero-order valence-corrected chi connectivity index (χ0v) is 10.2. The predicted molar refractivity (Wildman–Crippen MR) is 63.0 cm³/mol. The molecule has 1 N–H and O–H groups in total. The number of nitrogens with zero attached hydrogens (tertiary/aromatic N) is 2. The molecule has 1 aromatic heterocycles. The molecule has 1 aromatic rings. The Hall–Kier alpha value is -1.40. The SMILES string of the molecule is O=C(N[C@@H]1CCc2nccn2C1)[C@@H]1COCCO1. The van der Waals surface area contributed by atoms with E-state index in [1.54, 1.807) is 6.20 Å². The number of fused-ring (bicyclic) bond motifs is 1. The lowest BCUT2D eigenvalue weighted by molar-refractivity contribution is -0.148. The van der Waals surface area contributed by atoms with Crippen molar-refractivity contribution in [2.45, 2.75) is 31.5 Å². The molecule has 3 rings (SSSR count). The lowest BCUT2D eigenvalue weighted by Gasteiger charge is -2.28. The fraction of sp³-hybridized carbons (Fsp3) is 0.667. The molecular formula is C12H17N3O3. The number of ether oxygens (including phenoxy) is 2. The van der Waals surface area contributed by atoms with Crippen LogP contribution in [0.5, 0.6) is 0 Å². The summed E-state index contributed by atoms with van der Waals surface area (Å²) < 4.78 is 12.7. The average molecular weight is 251 g/mol. The second kappa shape index (κ2) is 5.07. The van der Waals surface area contributed by atoms with Crippen LogP contribution in [0.4, 0.5) is 0 Å². The fourth-order valence-corrected chi connectivity index (χ4v) is 2.42. The standard InChI is InChI=1S/C12H17N3O3/c16-12(10-8-17-5-6-18-10)14-9-1-2-11-13-3-4-15(11)7-9/h3-4,9-10H,1-2,5-8H2,(H,14,16)/t9-,10+/m1/s1. The first-order chi connectivity index (χ1) is 8.83. The van der Waals surface area contributed by atoms with Crippen LogP contribution in [0.2, 0.25) is 0 Å². The molecule has 0 aliphatic carbocycles. The molecule has 0 unspecified atom stereocenters. The molecule has 6 nitrogen and oxygen atoms in total. The highest BCUT2D eigenvalue weighted by Gasteiger charge is 2.26. The molecule has 3 heterocycles. The average Bonchev–Trinajstić information content (AvgIpc) is 2.87. The fourth-order valence-electron chi connectivity index (χ4n) is 2.42. The van der Waals surface area contributed by atoms with Crippen molar-refractivity contribution in [3.8, 4) is 0 Å². The zero-order valence-electron chi connectivity index (χ0n) is 10.2. The smallest absolute Gasteiger partial charge is 0.251 e. The van der Waals surface area contributed by atoms with Crippen LogP contribution in [0.3, 0.4) is 0 Å². The summed E-state index contributed by atoms with van der Waals surface area (Å²) in [6, 6.07) is 0.157. The van der Waals surface area contributed by atoms with Crippen LogP contribution < -0.4 is 5.32 Å². The number of carbonyl (C=O) groups is 1. The van der Waals surface area contributed by atoms with Crippen LogP contribution in [0, 0.1) is 0 Å². The molecule has 6 heteroatoms. The predicted octanol–water partition coefficient (Wildman–Crippen LogP) is -0.271. The van der Waals surface area contributed by atoms with Crippen molar-refractivity contribution in [2.75, 3.05) is 19.8 Å². The Kier molecular flexibility index (Phi) is 3.29. The minimum atomic E-state index is -0.456. The van der Waals surface area contributed by atoms with Gasteiger partial charge in [0.1, 0.15) is 5.82 Å². The Morgan fingerprint density at radius 2 is 2.44 bits per heavy atom. The van der Waals surface area contributed by atoms with Crippen LogP contribution in [0.1, 0.15) is 12.2 Å². The first-order valence-electron chi connectivity index (χ1n) is 6.32. The van der Waals surface area contributed by atoms with E-state index >= 15 is 0 Å². The van der Waals surface area contributed by atoms with Crippen molar-refractivity contribution >= 4 is 5.91 Å². The van der Waals surface area contributed by atoms with E-state index in [0.717, 1.165) is 25.2 Å². The van der Waals surface area contributed by atoms with Crippen LogP contribution in [0.25, 0.3) is 0 Å². The second-order valence-electron chi connectivity index (χ2n) is 4.67. The van der Waals surface area contributed by atoms with Gasteiger partial charge in [0.05, 0.1) is 19.8 Å². The van der Waals surface area contributed by atoms with Crippen molar-refractivity contribution in [1.82, 2.24) is 14.9 Å². The number of carbonyl (C=O) groups excluding carboxylic acids is 1. The van der Waals surface area contributed by atoms with Gasteiger partial charge in [-0.3, -0.25) is 4.79 Å². The largest absolute Gasteiger partial charge is 0.376 e. The molecule has 18 heavy (non-hydrogen) atoms. The number of aromatic nitrogens is 2. The van der Waals surface area contributed by atoms with E-state index in [0.29, 0.717) is 19.8 Å². The lowest BCUT2D eigenvalue weighted by Crippen LogP contribution is -2.49. The highest BCUT2D eigenvalue weighted by molar-refractivity contribution is 5.81. The summed E-state index contributed by atoms with van der Waals surface area (Å²) in [6.07, 6.45) is 5.13. The Morgan fingerprint density at radius 3 is 3.28 bits per heavy atom. The first kappa shape index (κ1) is 11.7. The van der Waals surface area contributed by atoms with Crippen molar-refractivity contribution < 1.29 is 14.3 Å². The Labute approximate surface area is 105 Å². The summed E-state index contributed by atoms with van der Waals surface area (Å²) in [7, 11) is 0. The quantitative estimate of drug-likeness (QED) is 0.786. The molecule has 1 fully saturated rings. The minimum absolute atomic E-state index is 0.0664. The number of hydrogen-bond donors (Lipinski definition) is 1. The molecular weight excluding hydrogens is 234 g/mol. The maximum atomic E-state index is 12.0. The molecule has 0 spiro atoms. The van der Waals surface area contributed by atoms with Gasteiger partial charge in [-0.15, -0.1) is 0 Å². The van der Waals surface area contributed by atoms with Crippen molar-refractivity contribution in [1.29, 1.82) is 0 Å². The van der Waals surface area contributed by atoms with Crippen molar-refractivity contribution in [3.63, 3.8) is 0 Å². The zero-order chi connectivity index (χ0) is 12.4. The topological polar surface area (TPSA) is 65.4 Å². The van der Waals surface area contributed by atoms with E-state index in [-0.39, 0.29) is 11.9 Å². The summed E-state index contributed by atoms with van der Waals surface area (Å²) in [5.41, 5.74) is 0. The van der Waals surface area contributed by atoms with Gasteiger partial charge in [0.25, 0.3) is 5.91 Å². The van der Waals surface area contributed by atoms with Gasteiger partial charge in [0.2, 0.25) is 0 Å². The Balaban J connectivity index is 1.56. The van der Waals surface area contributed by atoms with Crippen molar-refractivity contribution in [2.24, 2.45) is 0 Å². The Bertz CT molecular complexity index is 426. The summed E-state index contributed by atoms with van der Waals surface area (Å²) in [5, 5.41) is 3.03.